The third kappa shape index (κ3) is 5.98. The highest BCUT2D eigenvalue weighted by atomic mass is 17.2. The highest BCUT2D eigenvalue weighted by Crippen LogP contribution is 2.32. The van der Waals surface area contributed by atoms with E-state index in [0.29, 0.717) is 11.5 Å². The molecule has 1 aliphatic carbocycles. The predicted octanol–water partition coefficient (Wildman–Crippen LogP) is 5.64. The summed E-state index contributed by atoms with van der Waals surface area (Å²) in [6, 6.07) is 7.68. The first-order chi connectivity index (χ1) is 11.2. The van der Waals surface area contributed by atoms with Gasteiger partial charge in [0.05, 0.1) is 5.56 Å². The van der Waals surface area contributed by atoms with Crippen LogP contribution in [0.5, 0.6) is 0 Å². The third-order valence-electron chi connectivity index (χ3n) is 4.59. The van der Waals surface area contributed by atoms with Crippen molar-refractivity contribution in [2.45, 2.75) is 71.6 Å². The summed E-state index contributed by atoms with van der Waals surface area (Å²) < 4.78 is 0. The van der Waals surface area contributed by atoms with Crippen molar-refractivity contribution in [3.63, 3.8) is 0 Å². The van der Waals surface area contributed by atoms with Gasteiger partial charge in [-0.2, -0.15) is 4.89 Å². The lowest BCUT2D eigenvalue weighted by Crippen LogP contribution is -2.19. The van der Waals surface area contributed by atoms with Crippen molar-refractivity contribution in [1.29, 1.82) is 0 Å². The zero-order chi connectivity index (χ0) is 16.5. The van der Waals surface area contributed by atoms with Crippen LogP contribution in [0.25, 0.3) is 0 Å². The van der Waals surface area contributed by atoms with Crippen molar-refractivity contribution < 1.29 is 14.6 Å². The second kappa shape index (κ2) is 9.71. The molecule has 0 saturated heterocycles. The maximum atomic E-state index is 12.0. The Balaban J connectivity index is 1.76. The maximum absolute atomic E-state index is 12.0. The zero-order valence-electron chi connectivity index (χ0n) is 14.5. The van der Waals surface area contributed by atoms with Crippen LogP contribution in [0.4, 0.5) is 0 Å². The summed E-state index contributed by atoms with van der Waals surface area (Å²) in [5, 5.41) is 0. The predicted molar refractivity (Wildman–Crippen MR) is 91.7 cm³/mol. The molecule has 1 atom stereocenters. The molecule has 23 heavy (non-hydrogen) atoms. The number of hydrogen-bond acceptors (Lipinski definition) is 3. The van der Waals surface area contributed by atoms with E-state index in [2.05, 4.69) is 13.8 Å². The Hall–Kier alpha value is -1.35. The van der Waals surface area contributed by atoms with E-state index in [1.54, 1.807) is 0 Å². The molecular formula is C20H29O3. The SMILES string of the molecule is CCCCCCc1ccc(C(=O)OO[C]2CCCCC2C)cc1. The maximum Gasteiger partial charge on any atom is 0.373 e. The Morgan fingerprint density at radius 3 is 2.61 bits per heavy atom. The fourth-order valence-corrected chi connectivity index (χ4v) is 2.98. The van der Waals surface area contributed by atoms with Crippen molar-refractivity contribution in [1.82, 2.24) is 0 Å². The van der Waals surface area contributed by atoms with Crippen molar-refractivity contribution in [2.75, 3.05) is 0 Å². The molecule has 1 fully saturated rings. The van der Waals surface area contributed by atoms with Gasteiger partial charge < -0.3 is 0 Å². The normalized spacial score (nSPS) is 18.8. The van der Waals surface area contributed by atoms with E-state index in [0.717, 1.165) is 31.8 Å². The summed E-state index contributed by atoms with van der Waals surface area (Å²) >= 11 is 0. The fraction of sp³-hybridized carbons (Fsp3) is 0.600. The topological polar surface area (TPSA) is 35.5 Å². The van der Waals surface area contributed by atoms with Crippen LogP contribution in [0.1, 0.15) is 81.1 Å². The number of rotatable bonds is 8. The van der Waals surface area contributed by atoms with Gasteiger partial charge >= 0.3 is 5.97 Å². The van der Waals surface area contributed by atoms with Gasteiger partial charge in [-0.25, -0.2) is 4.79 Å². The molecule has 0 heterocycles. The third-order valence-corrected chi connectivity index (χ3v) is 4.59. The summed E-state index contributed by atoms with van der Waals surface area (Å²) in [5.74, 6) is -0.0325. The molecule has 0 spiro atoms. The molecule has 1 aliphatic rings. The standard InChI is InChI=1S/C20H29O3/c1-3-4-5-6-10-17-12-14-18(15-13-17)20(21)23-22-19-11-8-7-9-16(19)2/h12-16H,3-11H2,1-2H3. The van der Waals surface area contributed by atoms with E-state index in [9.17, 15) is 4.79 Å². The summed E-state index contributed by atoms with van der Waals surface area (Å²) in [5.41, 5.74) is 1.82. The van der Waals surface area contributed by atoms with Crippen molar-refractivity contribution in [3.8, 4) is 0 Å². The molecule has 0 aliphatic heterocycles. The smallest absolute Gasteiger partial charge is 0.292 e. The molecule has 2 rings (SSSR count). The van der Waals surface area contributed by atoms with Crippen LogP contribution in [0.3, 0.4) is 0 Å². The number of aryl methyl sites for hydroxylation is 1. The van der Waals surface area contributed by atoms with Gasteiger partial charge in [-0.3, -0.25) is 4.89 Å². The molecule has 1 unspecified atom stereocenters. The van der Waals surface area contributed by atoms with Crippen molar-refractivity contribution in [3.05, 3.63) is 41.5 Å². The van der Waals surface area contributed by atoms with Gasteiger partial charge in [0, 0.05) is 0 Å². The lowest BCUT2D eigenvalue weighted by molar-refractivity contribution is -0.246. The minimum Gasteiger partial charge on any atom is -0.292 e. The molecule has 3 heteroatoms. The number of carbonyl (C=O) groups is 1. The summed E-state index contributed by atoms with van der Waals surface area (Å²) in [6.45, 7) is 4.34. The van der Waals surface area contributed by atoms with Gasteiger partial charge in [-0.1, -0.05) is 58.1 Å². The molecule has 3 nitrogen and oxygen atoms in total. The first kappa shape index (κ1) is 18.0. The van der Waals surface area contributed by atoms with Gasteiger partial charge in [0.25, 0.3) is 0 Å². The minimum atomic E-state index is -0.409. The van der Waals surface area contributed by atoms with E-state index in [1.165, 1.54) is 37.7 Å². The van der Waals surface area contributed by atoms with E-state index in [1.807, 2.05) is 24.3 Å². The first-order valence-corrected chi connectivity index (χ1v) is 9.04. The molecule has 1 radical (unpaired) electrons. The Labute approximate surface area is 140 Å². The molecule has 0 amide bonds. The molecule has 127 valence electrons. The first-order valence-electron chi connectivity index (χ1n) is 9.04. The molecular weight excluding hydrogens is 288 g/mol. The van der Waals surface area contributed by atoms with Crippen LogP contribution in [0, 0.1) is 12.0 Å². The quantitative estimate of drug-likeness (QED) is 0.353. The van der Waals surface area contributed by atoms with Crippen LogP contribution in [0.15, 0.2) is 24.3 Å². The minimum absolute atomic E-state index is 0.377. The van der Waals surface area contributed by atoms with E-state index in [-0.39, 0.29) is 0 Å². The van der Waals surface area contributed by atoms with Gasteiger partial charge in [-0.15, -0.1) is 0 Å². The molecule has 1 saturated carbocycles. The second-order valence-corrected chi connectivity index (χ2v) is 6.57. The number of benzene rings is 1. The van der Waals surface area contributed by atoms with Crippen LogP contribution in [-0.4, -0.2) is 5.97 Å². The van der Waals surface area contributed by atoms with Crippen LogP contribution >= 0.6 is 0 Å². The molecule has 0 bridgehead atoms. The average molecular weight is 317 g/mol. The lowest BCUT2D eigenvalue weighted by atomic mass is 9.88. The van der Waals surface area contributed by atoms with E-state index < -0.39 is 5.97 Å². The molecule has 1 aromatic rings. The van der Waals surface area contributed by atoms with Crippen LogP contribution < -0.4 is 0 Å². The monoisotopic (exact) mass is 317 g/mol. The zero-order valence-corrected chi connectivity index (χ0v) is 14.5. The van der Waals surface area contributed by atoms with Gasteiger partial charge in [0.1, 0.15) is 0 Å². The summed E-state index contributed by atoms with van der Waals surface area (Å²) in [7, 11) is 0. The molecule has 0 aromatic heterocycles. The van der Waals surface area contributed by atoms with Crippen molar-refractivity contribution in [2.24, 2.45) is 5.92 Å². The number of hydrogen-bond donors (Lipinski definition) is 0. The van der Waals surface area contributed by atoms with E-state index >= 15 is 0 Å². The van der Waals surface area contributed by atoms with Gasteiger partial charge in [0.2, 0.25) is 0 Å². The molecule has 0 N–H and O–H groups in total. The Kier molecular flexibility index (Phi) is 7.60. The number of carbonyl (C=O) groups excluding carboxylic acids is 1. The average Bonchev–Trinajstić information content (AvgIpc) is 2.58. The highest BCUT2D eigenvalue weighted by Gasteiger charge is 2.25. The van der Waals surface area contributed by atoms with Gasteiger partial charge in [-0.05, 0) is 49.3 Å². The largest absolute Gasteiger partial charge is 0.373 e. The fourth-order valence-electron chi connectivity index (χ4n) is 2.98. The Morgan fingerprint density at radius 2 is 1.91 bits per heavy atom. The van der Waals surface area contributed by atoms with Crippen LogP contribution in [0.2, 0.25) is 0 Å². The molecule has 1 aromatic carbocycles. The Morgan fingerprint density at radius 1 is 1.13 bits per heavy atom. The van der Waals surface area contributed by atoms with Crippen LogP contribution in [-0.2, 0) is 16.2 Å². The summed E-state index contributed by atoms with van der Waals surface area (Å²) in [6.07, 6.45) is 11.3. The van der Waals surface area contributed by atoms with Crippen molar-refractivity contribution >= 4 is 5.97 Å². The Bertz CT molecular complexity index is 466. The van der Waals surface area contributed by atoms with E-state index in [4.69, 9.17) is 9.78 Å². The van der Waals surface area contributed by atoms with Gasteiger partial charge in [0.15, 0.2) is 6.10 Å². The number of unbranched alkanes of at least 4 members (excludes halogenated alkanes) is 3. The lowest BCUT2D eigenvalue weighted by Gasteiger charge is -2.25. The second-order valence-electron chi connectivity index (χ2n) is 6.57. The summed E-state index contributed by atoms with van der Waals surface area (Å²) in [4.78, 5) is 22.4. The highest BCUT2D eigenvalue weighted by molar-refractivity contribution is 5.88.